The fourth-order valence-corrected chi connectivity index (χ4v) is 2.32. The van der Waals surface area contributed by atoms with Crippen molar-refractivity contribution in [3.05, 3.63) is 29.3 Å². The molecule has 1 aromatic rings. The maximum atomic E-state index is 8.79. The molecule has 0 spiro atoms. The monoisotopic (exact) mass is 255 g/mol. The molecule has 1 saturated heterocycles. The first-order chi connectivity index (χ1) is 8.20. The summed E-state index contributed by atoms with van der Waals surface area (Å²) in [6, 6.07) is 6.67. The average molecular weight is 256 g/mol. The van der Waals surface area contributed by atoms with Crippen molar-refractivity contribution in [3.8, 4) is 5.75 Å². The number of phenols is 1. The average Bonchev–Trinajstić information content (AvgIpc) is 2.82. The normalized spacial score (nSPS) is 28.1. The summed E-state index contributed by atoms with van der Waals surface area (Å²) in [5.41, 5.74) is 0. The molecule has 3 heteroatoms. The van der Waals surface area contributed by atoms with Crippen molar-refractivity contribution in [2.75, 3.05) is 13.1 Å². The number of hydrogen-bond donors (Lipinski definition) is 2. The molecule has 0 amide bonds. The summed E-state index contributed by atoms with van der Waals surface area (Å²) in [6.07, 6.45) is 0. The van der Waals surface area contributed by atoms with E-state index >= 15 is 0 Å². The molecule has 96 valence electrons. The predicted octanol–water partition coefficient (Wildman–Crippen LogP) is 3.54. The third kappa shape index (κ3) is 3.90. The van der Waals surface area contributed by atoms with Crippen molar-refractivity contribution in [2.24, 2.45) is 17.8 Å². The van der Waals surface area contributed by atoms with E-state index in [0.717, 1.165) is 17.8 Å². The standard InChI is InChI=1S/C6H5ClO.C6H11N.C2H6/c7-5-3-1-2-4-6(5)8;1-4-5-2-7-3-6(4)5;1-2/h1-4,8H;4-7H,2-3H2,1H3;1-2H3. The first-order valence-electron chi connectivity index (χ1n) is 6.34. The maximum absolute atomic E-state index is 8.79. The number of halogens is 1. The van der Waals surface area contributed by atoms with Crippen molar-refractivity contribution in [3.63, 3.8) is 0 Å². The van der Waals surface area contributed by atoms with Crippen LogP contribution in [0.2, 0.25) is 5.02 Å². The molecule has 2 N–H and O–H groups in total. The lowest BCUT2D eigenvalue weighted by atomic mass is 10.3. The molecule has 1 aliphatic heterocycles. The van der Waals surface area contributed by atoms with Gasteiger partial charge in [0.15, 0.2) is 0 Å². The lowest BCUT2D eigenvalue weighted by Gasteiger charge is -1.93. The summed E-state index contributed by atoms with van der Waals surface area (Å²) in [5, 5.41) is 12.5. The second-order valence-corrected chi connectivity index (χ2v) is 4.70. The van der Waals surface area contributed by atoms with E-state index < -0.39 is 0 Å². The van der Waals surface area contributed by atoms with Gasteiger partial charge < -0.3 is 10.4 Å². The molecule has 2 atom stereocenters. The molecule has 2 unspecified atom stereocenters. The summed E-state index contributed by atoms with van der Waals surface area (Å²) < 4.78 is 0. The smallest absolute Gasteiger partial charge is 0.134 e. The number of aromatic hydroxyl groups is 1. The molecular weight excluding hydrogens is 234 g/mol. The Balaban J connectivity index is 0.000000149. The lowest BCUT2D eigenvalue weighted by Crippen LogP contribution is -2.13. The van der Waals surface area contributed by atoms with Crippen molar-refractivity contribution in [2.45, 2.75) is 20.8 Å². The molecule has 2 fully saturated rings. The SMILES string of the molecule is CC.CC1C2CNCC12.Oc1ccccc1Cl. The number of nitrogens with one attached hydrogen (secondary N) is 1. The highest BCUT2D eigenvalue weighted by molar-refractivity contribution is 6.31. The Labute approximate surface area is 109 Å². The summed E-state index contributed by atoms with van der Waals surface area (Å²) in [6.45, 7) is 8.95. The van der Waals surface area contributed by atoms with Gasteiger partial charge in [-0.25, -0.2) is 0 Å². The predicted molar refractivity (Wildman–Crippen MR) is 73.5 cm³/mol. The summed E-state index contributed by atoms with van der Waals surface area (Å²) in [7, 11) is 0. The number of benzene rings is 1. The summed E-state index contributed by atoms with van der Waals surface area (Å²) in [5.74, 6) is 3.33. The Hall–Kier alpha value is -0.730. The van der Waals surface area contributed by atoms with E-state index in [2.05, 4.69) is 12.2 Å². The van der Waals surface area contributed by atoms with Crippen LogP contribution in [0.5, 0.6) is 5.75 Å². The summed E-state index contributed by atoms with van der Waals surface area (Å²) >= 11 is 5.46. The molecule has 1 heterocycles. The third-order valence-electron chi connectivity index (χ3n) is 3.37. The number of piperidine rings is 1. The molecule has 2 nitrogen and oxygen atoms in total. The van der Waals surface area contributed by atoms with Gasteiger partial charge in [-0.1, -0.05) is 44.5 Å². The Morgan fingerprint density at radius 1 is 1.18 bits per heavy atom. The van der Waals surface area contributed by atoms with Crippen LogP contribution >= 0.6 is 11.6 Å². The fraction of sp³-hybridized carbons (Fsp3) is 0.571. The van der Waals surface area contributed by atoms with Gasteiger partial charge in [-0.3, -0.25) is 0 Å². The van der Waals surface area contributed by atoms with E-state index in [9.17, 15) is 0 Å². The minimum Gasteiger partial charge on any atom is -0.506 e. The highest BCUT2D eigenvalue weighted by Crippen LogP contribution is 2.47. The maximum Gasteiger partial charge on any atom is 0.134 e. The molecule has 0 radical (unpaired) electrons. The second kappa shape index (κ2) is 6.87. The van der Waals surface area contributed by atoms with Crippen LogP contribution in [-0.4, -0.2) is 18.2 Å². The number of phenolic OH excluding ortho intramolecular Hbond substituents is 1. The number of rotatable bonds is 0. The minimum absolute atomic E-state index is 0.133. The van der Waals surface area contributed by atoms with Crippen molar-refractivity contribution in [1.82, 2.24) is 5.32 Å². The van der Waals surface area contributed by atoms with Crippen LogP contribution in [-0.2, 0) is 0 Å². The second-order valence-electron chi connectivity index (χ2n) is 4.30. The van der Waals surface area contributed by atoms with E-state index in [1.54, 1.807) is 24.3 Å². The van der Waals surface area contributed by atoms with Crippen LogP contribution in [0.4, 0.5) is 0 Å². The lowest BCUT2D eigenvalue weighted by molar-refractivity contribution is 0.475. The van der Waals surface area contributed by atoms with Crippen molar-refractivity contribution in [1.29, 1.82) is 0 Å². The van der Waals surface area contributed by atoms with Crippen LogP contribution in [0.15, 0.2) is 24.3 Å². The van der Waals surface area contributed by atoms with Gasteiger partial charge in [0.25, 0.3) is 0 Å². The molecule has 1 saturated carbocycles. The highest BCUT2D eigenvalue weighted by atomic mass is 35.5. The molecule has 17 heavy (non-hydrogen) atoms. The molecular formula is C14H22ClNO. The largest absolute Gasteiger partial charge is 0.506 e. The summed E-state index contributed by atoms with van der Waals surface area (Å²) in [4.78, 5) is 0. The minimum atomic E-state index is 0.133. The van der Waals surface area contributed by atoms with Gasteiger partial charge in [-0.05, 0) is 43.0 Å². The van der Waals surface area contributed by atoms with Crippen molar-refractivity contribution < 1.29 is 5.11 Å². The van der Waals surface area contributed by atoms with Crippen LogP contribution in [0, 0.1) is 17.8 Å². The molecule has 3 rings (SSSR count). The Bertz CT molecular complexity index is 312. The molecule has 1 aliphatic carbocycles. The Kier molecular flexibility index (Phi) is 5.79. The van der Waals surface area contributed by atoms with E-state index in [4.69, 9.17) is 16.7 Å². The first kappa shape index (κ1) is 14.3. The van der Waals surface area contributed by atoms with Gasteiger partial charge in [-0.2, -0.15) is 0 Å². The Morgan fingerprint density at radius 2 is 1.71 bits per heavy atom. The molecule has 2 aliphatic rings. The zero-order chi connectivity index (χ0) is 12.8. The zero-order valence-corrected chi connectivity index (χ0v) is 11.5. The van der Waals surface area contributed by atoms with Gasteiger partial charge >= 0.3 is 0 Å². The first-order valence-corrected chi connectivity index (χ1v) is 6.72. The Morgan fingerprint density at radius 3 is 2.00 bits per heavy atom. The van der Waals surface area contributed by atoms with Crippen LogP contribution in [0.1, 0.15) is 20.8 Å². The third-order valence-corrected chi connectivity index (χ3v) is 3.69. The molecule has 0 bridgehead atoms. The van der Waals surface area contributed by atoms with Crippen LogP contribution in [0.3, 0.4) is 0 Å². The topological polar surface area (TPSA) is 32.3 Å². The number of fused-ring (bicyclic) bond motifs is 1. The van der Waals surface area contributed by atoms with Gasteiger partial charge in [-0.15, -0.1) is 0 Å². The van der Waals surface area contributed by atoms with E-state index in [-0.39, 0.29) is 5.75 Å². The highest BCUT2D eigenvalue weighted by Gasteiger charge is 2.49. The van der Waals surface area contributed by atoms with Gasteiger partial charge in [0.2, 0.25) is 0 Å². The van der Waals surface area contributed by atoms with E-state index in [0.29, 0.717) is 5.02 Å². The van der Waals surface area contributed by atoms with Gasteiger partial charge in [0.05, 0.1) is 5.02 Å². The zero-order valence-electron chi connectivity index (χ0n) is 10.8. The van der Waals surface area contributed by atoms with Gasteiger partial charge in [0.1, 0.15) is 5.75 Å². The fourth-order valence-electron chi connectivity index (χ4n) is 2.18. The molecule has 0 aromatic heterocycles. The van der Waals surface area contributed by atoms with Crippen LogP contribution in [0.25, 0.3) is 0 Å². The number of hydrogen-bond acceptors (Lipinski definition) is 2. The number of para-hydroxylation sites is 1. The van der Waals surface area contributed by atoms with E-state index in [1.165, 1.54) is 13.1 Å². The van der Waals surface area contributed by atoms with Gasteiger partial charge in [0, 0.05) is 0 Å². The van der Waals surface area contributed by atoms with Crippen molar-refractivity contribution >= 4 is 11.6 Å². The quantitative estimate of drug-likeness (QED) is 0.743. The molecule has 1 aromatic carbocycles. The van der Waals surface area contributed by atoms with Crippen LogP contribution < -0.4 is 5.32 Å². The van der Waals surface area contributed by atoms with E-state index in [1.807, 2.05) is 13.8 Å².